The first-order chi connectivity index (χ1) is 17.4. The second-order valence-electron chi connectivity index (χ2n) is 7.88. The predicted molar refractivity (Wildman–Crippen MR) is 144 cm³/mol. The number of urea groups is 1. The maximum absolute atomic E-state index is 13.3. The maximum atomic E-state index is 13.3. The smallest absolute Gasteiger partial charge is 0.335 e. The zero-order chi connectivity index (χ0) is 25.7. The van der Waals surface area contributed by atoms with Gasteiger partial charge in [-0.25, -0.2) is 9.69 Å². The molecule has 3 aromatic carbocycles. The Labute approximate surface area is 225 Å². The van der Waals surface area contributed by atoms with Gasteiger partial charge in [0.05, 0.1) is 16.8 Å². The highest BCUT2D eigenvalue weighted by Crippen LogP contribution is 2.35. The van der Waals surface area contributed by atoms with E-state index in [1.165, 1.54) is 6.08 Å². The van der Waals surface area contributed by atoms with E-state index in [0.717, 1.165) is 21.4 Å². The van der Waals surface area contributed by atoms with Crippen LogP contribution in [0.1, 0.15) is 24.5 Å². The van der Waals surface area contributed by atoms with Gasteiger partial charge in [0.2, 0.25) is 0 Å². The van der Waals surface area contributed by atoms with Crippen molar-refractivity contribution in [3.63, 3.8) is 0 Å². The molecule has 1 fully saturated rings. The Morgan fingerprint density at radius 3 is 2.36 bits per heavy atom. The molecule has 3 aromatic rings. The van der Waals surface area contributed by atoms with Crippen LogP contribution in [-0.4, -0.2) is 24.5 Å². The van der Waals surface area contributed by atoms with Crippen molar-refractivity contribution in [1.82, 2.24) is 5.32 Å². The Balaban J connectivity index is 1.59. The van der Waals surface area contributed by atoms with E-state index in [-0.39, 0.29) is 5.57 Å². The molecule has 0 radical (unpaired) electrons. The Bertz CT molecular complexity index is 1320. The fourth-order valence-corrected chi connectivity index (χ4v) is 4.90. The molecule has 0 aliphatic carbocycles. The van der Waals surface area contributed by atoms with E-state index in [1.807, 2.05) is 43.3 Å². The number of carbonyl (C=O) groups is 3. The minimum atomic E-state index is -0.821. The van der Waals surface area contributed by atoms with Gasteiger partial charge in [0.15, 0.2) is 0 Å². The van der Waals surface area contributed by atoms with Gasteiger partial charge in [0.25, 0.3) is 11.8 Å². The summed E-state index contributed by atoms with van der Waals surface area (Å²) in [5.74, 6) is -0.437. The van der Waals surface area contributed by atoms with Gasteiger partial charge in [-0.15, -0.1) is 0 Å². The Morgan fingerprint density at radius 1 is 0.944 bits per heavy atom. The molecule has 0 spiro atoms. The molecule has 1 aliphatic rings. The first kappa shape index (κ1) is 25.7. The van der Waals surface area contributed by atoms with Crippen molar-refractivity contribution >= 4 is 61.5 Å². The minimum absolute atomic E-state index is 0.189. The minimum Gasteiger partial charge on any atom is -0.492 e. The third kappa shape index (κ3) is 5.85. The Kier molecular flexibility index (Phi) is 8.22. The van der Waals surface area contributed by atoms with Crippen molar-refractivity contribution in [3.8, 4) is 11.5 Å². The van der Waals surface area contributed by atoms with Crippen LogP contribution >= 0.6 is 31.9 Å². The SMILES string of the molecule is CCCOc1c(Br)cc(Br)cc1/C=C1\C(=O)NC(=O)N(c2ccc(OCc3ccccc3)cc2)C1=O. The lowest BCUT2D eigenvalue weighted by Crippen LogP contribution is -2.54. The molecule has 9 heteroatoms. The normalized spacial score (nSPS) is 14.7. The first-order valence-corrected chi connectivity index (χ1v) is 12.8. The van der Waals surface area contributed by atoms with Crippen molar-refractivity contribution < 1.29 is 23.9 Å². The van der Waals surface area contributed by atoms with Gasteiger partial charge in [-0.2, -0.15) is 0 Å². The van der Waals surface area contributed by atoms with Crippen LogP contribution in [0.25, 0.3) is 6.08 Å². The third-order valence-corrected chi connectivity index (χ3v) is 6.28. The molecule has 0 saturated carbocycles. The third-order valence-electron chi connectivity index (χ3n) is 5.23. The largest absolute Gasteiger partial charge is 0.492 e. The molecule has 0 unspecified atom stereocenters. The average molecular weight is 614 g/mol. The van der Waals surface area contributed by atoms with E-state index in [2.05, 4.69) is 37.2 Å². The highest BCUT2D eigenvalue weighted by molar-refractivity contribution is 9.11. The zero-order valence-electron chi connectivity index (χ0n) is 19.3. The van der Waals surface area contributed by atoms with Crippen molar-refractivity contribution in [3.05, 3.63) is 92.4 Å². The van der Waals surface area contributed by atoms with E-state index in [0.29, 0.717) is 40.4 Å². The number of benzene rings is 3. The van der Waals surface area contributed by atoms with Gasteiger partial charge in [0, 0.05) is 10.0 Å². The van der Waals surface area contributed by atoms with Crippen LogP contribution in [0, 0.1) is 0 Å². The number of barbiturate groups is 1. The fourth-order valence-electron chi connectivity index (χ4n) is 3.52. The van der Waals surface area contributed by atoms with Crippen LogP contribution in [0.3, 0.4) is 0 Å². The van der Waals surface area contributed by atoms with Gasteiger partial charge in [-0.1, -0.05) is 53.2 Å². The molecule has 1 N–H and O–H groups in total. The van der Waals surface area contributed by atoms with Crippen LogP contribution in [0.5, 0.6) is 11.5 Å². The highest BCUT2D eigenvalue weighted by atomic mass is 79.9. The fraction of sp³-hybridized carbons (Fsp3) is 0.148. The van der Waals surface area contributed by atoms with E-state index in [9.17, 15) is 14.4 Å². The summed E-state index contributed by atoms with van der Waals surface area (Å²) in [6, 6.07) is 19.0. The number of ether oxygens (including phenoxy) is 2. The van der Waals surface area contributed by atoms with Crippen molar-refractivity contribution in [1.29, 1.82) is 0 Å². The summed E-state index contributed by atoms with van der Waals surface area (Å²) in [6.07, 6.45) is 2.21. The van der Waals surface area contributed by atoms with Crippen LogP contribution < -0.4 is 19.7 Å². The number of hydrogen-bond acceptors (Lipinski definition) is 5. The number of imide groups is 2. The number of halogens is 2. The summed E-state index contributed by atoms with van der Waals surface area (Å²) in [5.41, 5.74) is 1.65. The molecule has 1 heterocycles. The second kappa shape index (κ2) is 11.5. The molecule has 4 rings (SSSR count). The molecule has 1 saturated heterocycles. The number of anilines is 1. The van der Waals surface area contributed by atoms with Gasteiger partial charge < -0.3 is 9.47 Å². The maximum Gasteiger partial charge on any atom is 0.335 e. The molecular weight excluding hydrogens is 592 g/mol. The molecule has 184 valence electrons. The lowest BCUT2D eigenvalue weighted by atomic mass is 10.1. The number of rotatable bonds is 8. The van der Waals surface area contributed by atoms with E-state index >= 15 is 0 Å². The van der Waals surface area contributed by atoms with Crippen LogP contribution in [0.2, 0.25) is 0 Å². The Morgan fingerprint density at radius 2 is 1.67 bits per heavy atom. The van der Waals surface area contributed by atoms with Crippen LogP contribution in [-0.2, 0) is 16.2 Å². The summed E-state index contributed by atoms with van der Waals surface area (Å²) in [4.78, 5) is 39.5. The standard InChI is InChI=1S/C27H22Br2N2O5/c1-2-12-35-24-18(13-19(28)15-23(24)29)14-22-25(32)30-27(34)31(26(22)33)20-8-10-21(11-9-20)36-16-17-6-4-3-5-7-17/h3-11,13-15H,2,12,16H2,1H3,(H,30,32,34)/b22-14+. The van der Waals surface area contributed by atoms with E-state index in [1.54, 1.807) is 30.3 Å². The summed E-state index contributed by atoms with van der Waals surface area (Å²) >= 11 is 6.90. The summed E-state index contributed by atoms with van der Waals surface area (Å²) in [6.45, 7) is 2.82. The van der Waals surface area contributed by atoms with Crippen LogP contribution in [0.4, 0.5) is 10.5 Å². The quantitative estimate of drug-likeness (QED) is 0.240. The van der Waals surface area contributed by atoms with E-state index < -0.39 is 17.8 Å². The summed E-state index contributed by atoms with van der Waals surface area (Å²) in [5, 5.41) is 2.25. The average Bonchev–Trinajstić information content (AvgIpc) is 2.86. The van der Waals surface area contributed by atoms with Crippen molar-refractivity contribution in [2.24, 2.45) is 0 Å². The number of nitrogens with zero attached hydrogens (tertiary/aromatic N) is 1. The Hall–Kier alpha value is -3.43. The predicted octanol–water partition coefficient (Wildman–Crippen LogP) is 6.25. The van der Waals surface area contributed by atoms with E-state index in [4.69, 9.17) is 9.47 Å². The number of carbonyl (C=O) groups excluding carboxylic acids is 3. The summed E-state index contributed by atoms with van der Waals surface area (Å²) < 4.78 is 13.0. The topological polar surface area (TPSA) is 84.9 Å². The number of nitrogens with one attached hydrogen (secondary N) is 1. The molecule has 36 heavy (non-hydrogen) atoms. The highest BCUT2D eigenvalue weighted by Gasteiger charge is 2.37. The summed E-state index contributed by atoms with van der Waals surface area (Å²) in [7, 11) is 0. The van der Waals surface area contributed by atoms with Gasteiger partial charge in [0.1, 0.15) is 23.7 Å². The molecular formula is C27H22Br2N2O5. The zero-order valence-corrected chi connectivity index (χ0v) is 22.5. The van der Waals surface area contributed by atoms with Gasteiger partial charge in [-0.05, 0) is 70.4 Å². The molecule has 0 aromatic heterocycles. The lowest BCUT2D eigenvalue weighted by Gasteiger charge is -2.26. The molecule has 0 atom stereocenters. The monoisotopic (exact) mass is 612 g/mol. The molecule has 4 amide bonds. The molecule has 1 aliphatic heterocycles. The van der Waals surface area contributed by atoms with Crippen molar-refractivity contribution in [2.75, 3.05) is 11.5 Å². The molecule has 7 nitrogen and oxygen atoms in total. The van der Waals surface area contributed by atoms with Gasteiger partial charge in [-0.3, -0.25) is 14.9 Å². The lowest BCUT2D eigenvalue weighted by molar-refractivity contribution is -0.122. The molecule has 0 bridgehead atoms. The number of hydrogen-bond donors (Lipinski definition) is 1. The first-order valence-electron chi connectivity index (χ1n) is 11.2. The van der Waals surface area contributed by atoms with Gasteiger partial charge >= 0.3 is 6.03 Å². The number of amides is 4. The van der Waals surface area contributed by atoms with Crippen LogP contribution in [0.15, 0.2) is 81.2 Å². The second-order valence-corrected chi connectivity index (χ2v) is 9.65. The van der Waals surface area contributed by atoms with Crippen molar-refractivity contribution in [2.45, 2.75) is 20.0 Å².